The van der Waals surface area contributed by atoms with Gasteiger partial charge in [-0.2, -0.15) is 0 Å². The van der Waals surface area contributed by atoms with Gasteiger partial charge in [0.25, 0.3) is 23.3 Å². The van der Waals surface area contributed by atoms with Gasteiger partial charge >= 0.3 is 6.09 Å². The second kappa shape index (κ2) is 21.6. The number of aromatic amines is 1. The molecule has 19 nitrogen and oxygen atoms in total. The fourth-order valence-corrected chi connectivity index (χ4v) is 8.44. The SMILES string of the molecule is CNC(=O)CCC(C=O)N1Cc2c(CCC(C)CNC(=O)c3cc(Oc4ccccc4)c(-c4cn(C)c(=O)c5[nH]c(C(=O)NCCNC(=O)OC(C)(C)C)cc45)cc3NS(C)(=O)=O)cccc2C1=O. The summed E-state index contributed by atoms with van der Waals surface area (Å²) in [7, 11) is -0.947. The number of nitrogens with zero attached hydrogens (tertiary/aromatic N) is 2. The first-order valence-corrected chi connectivity index (χ1v) is 24.3. The van der Waals surface area contributed by atoms with Crippen molar-refractivity contribution in [1.29, 1.82) is 0 Å². The van der Waals surface area contributed by atoms with E-state index in [1.165, 1.54) is 48.0 Å². The Morgan fingerprint density at radius 2 is 1.62 bits per heavy atom. The summed E-state index contributed by atoms with van der Waals surface area (Å²) in [6.45, 7) is 7.65. The van der Waals surface area contributed by atoms with Crippen LogP contribution in [0.25, 0.3) is 22.0 Å². The maximum absolute atomic E-state index is 14.2. The molecule has 0 aliphatic carbocycles. The molecule has 366 valence electrons. The first-order chi connectivity index (χ1) is 32.7. The number of para-hydroxylation sites is 1. The molecule has 0 saturated carbocycles. The zero-order valence-electron chi connectivity index (χ0n) is 39.6. The van der Waals surface area contributed by atoms with Crippen LogP contribution < -0.4 is 36.3 Å². The minimum absolute atomic E-state index is 0.0325. The van der Waals surface area contributed by atoms with Gasteiger partial charge in [0.15, 0.2) is 0 Å². The fraction of sp³-hybridized carbons (Fsp3) is 0.367. The Morgan fingerprint density at radius 1 is 0.899 bits per heavy atom. The lowest BCUT2D eigenvalue weighted by Crippen LogP contribution is -2.37. The van der Waals surface area contributed by atoms with Gasteiger partial charge in [-0.05, 0) is 93.5 Å². The molecule has 3 aromatic carbocycles. The first kappa shape index (κ1) is 50.9. The molecule has 2 atom stereocenters. The Morgan fingerprint density at radius 3 is 2.30 bits per heavy atom. The number of aldehydes is 1. The molecule has 0 bridgehead atoms. The standard InChI is InChI=1S/C49H58N8O11S/c1-29(16-17-30-12-11-15-33-37(30)27-57(46(33)62)31(28-58)18-19-42(59)50-5)25-53-44(60)36-24-41(67-32-13-9-8-10-14-32)34(22-39(36)55-69(7,65)66)38-26-56(6)47(63)43-35(38)23-40(54-43)45(61)51-20-21-52-48(64)68-49(2,3)4/h8-15,22-24,26,28-29,31,54-55H,16-21,25,27H2,1-7H3,(H,50,59)(H,51,61)(H,52,64)(H,53,60). The van der Waals surface area contributed by atoms with Crippen LogP contribution in [0.15, 0.2) is 77.7 Å². The molecule has 6 N–H and O–H groups in total. The number of fused-ring (bicyclic) bond motifs is 2. The summed E-state index contributed by atoms with van der Waals surface area (Å²) in [5.74, 6) is -1.25. The van der Waals surface area contributed by atoms with Crippen molar-refractivity contribution < 1.29 is 46.7 Å². The van der Waals surface area contributed by atoms with Gasteiger partial charge in [-0.3, -0.25) is 28.7 Å². The lowest BCUT2D eigenvalue weighted by Gasteiger charge is -2.23. The average Bonchev–Trinajstić information content (AvgIpc) is 3.90. The number of aromatic nitrogens is 2. The quantitative estimate of drug-likeness (QED) is 0.0447. The normalized spacial score (nSPS) is 13.3. The van der Waals surface area contributed by atoms with E-state index in [1.807, 2.05) is 13.0 Å². The van der Waals surface area contributed by atoms with Crippen molar-refractivity contribution in [2.24, 2.45) is 13.0 Å². The second-order valence-electron chi connectivity index (χ2n) is 17.9. The number of hydrogen-bond donors (Lipinski definition) is 6. The Kier molecular flexibility index (Phi) is 16.0. The molecular weight excluding hydrogens is 909 g/mol. The van der Waals surface area contributed by atoms with Crippen LogP contribution >= 0.6 is 0 Å². The summed E-state index contributed by atoms with van der Waals surface area (Å²) in [5, 5.41) is 11.0. The number of rotatable bonds is 20. The molecular formula is C49H58N8O11S. The van der Waals surface area contributed by atoms with E-state index in [9.17, 15) is 42.0 Å². The lowest BCUT2D eigenvalue weighted by molar-refractivity contribution is -0.121. The number of nitrogens with one attached hydrogen (secondary N) is 6. The molecule has 20 heteroatoms. The summed E-state index contributed by atoms with van der Waals surface area (Å²) in [4.78, 5) is 94.8. The smallest absolute Gasteiger partial charge is 0.407 e. The van der Waals surface area contributed by atoms with Crippen molar-refractivity contribution in [2.75, 3.05) is 37.7 Å². The van der Waals surface area contributed by atoms with Gasteiger partial charge in [0.1, 0.15) is 34.6 Å². The predicted molar refractivity (Wildman–Crippen MR) is 260 cm³/mol. The van der Waals surface area contributed by atoms with Gasteiger partial charge in [-0.1, -0.05) is 37.3 Å². The molecule has 6 rings (SSSR count). The van der Waals surface area contributed by atoms with Crippen LogP contribution in [-0.4, -0.2) is 103 Å². The summed E-state index contributed by atoms with van der Waals surface area (Å²) in [6, 6.07) is 17.7. The summed E-state index contributed by atoms with van der Waals surface area (Å²) in [5.41, 5.74) is 1.68. The van der Waals surface area contributed by atoms with Gasteiger partial charge in [0.05, 0.1) is 23.5 Å². The number of H-pyrrole nitrogens is 1. The van der Waals surface area contributed by atoms with Crippen LogP contribution in [0.3, 0.4) is 0 Å². The van der Waals surface area contributed by atoms with E-state index in [0.29, 0.717) is 41.4 Å². The third-order valence-corrected chi connectivity index (χ3v) is 11.9. The van der Waals surface area contributed by atoms with E-state index in [0.717, 1.165) is 17.4 Å². The Labute approximate surface area is 399 Å². The number of carbonyl (C=O) groups is 6. The van der Waals surface area contributed by atoms with E-state index in [-0.39, 0.29) is 90.5 Å². The predicted octanol–water partition coefficient (Wildman–Crippen LogP) is 5.00. The van der Waals surface area contributed by atoms with Crippen molar-refractivity contribution in [1.82, 2.24) is 35.7 Å². The monoisotopic (exact) mass is 966 g/mol. The molecule has 2 unspecified atom stereocenters. The number of sulfonamides is 1. The molecule has 0 fully saturated rings. The molecule has 0 spiro atoms. The van der Waals surface area contributed by atoms with E-state index in [1.54, 1.807) is 63.2 Å². The second-order valence-corrected chi connectivity index (χ2v) is 19.7. The number of ether oxygens (including phenoxy) is 2. The molecule has 0 radical (unpaired) electrons. The highest BCUT2D eigenvalue weighted by atomic mass is 32.2. The highest BCUT2D eigenvalue weighted by molar-refractivity contribution is 7.92. The Hall–Kier alpha value is -7.48. The van der Waals surface area contributed by atoms with Crippen molar-refractivity contribution in [3.63, 3.8) is 0 Å². The molecule has 0 saturated heterocycles. The number of anilines is 1. The van der Waals surface area contributed by atoms with Crippen LogP contribution in [0.2, 0.25) is 0 Å². The van der Waals surface area contributed by atoms with Gasteiger partial charge < -0.3 is 50.0 Å². The fourth-order valence-electron chi connectivity index (χ4n) is 7.87. The minimum Gasteiger partial charge on any atom is -0.457 e. The Balaban J connectivity index is 1.25. The van der Waals surface area contributed by atoms with E-state index >= 15 is 0 Å². The number of hydrogen-bond acceptors (Lipinski definition) is 11. The molecule has 69 heavy (non-hydrogen) atoms. The van der Waals surface area contributed by atoms with Crippen molar-refractivity contribution in [3.05, 3.63) is 111 Å². The van der Waals surface area contributed by atoms with Gasteiger partial charge in [-0.15, -0.1) is 0 Å². The van der Waals surface area contributed by atoms with Crippen LogP contribution in [-0.2, 0) is 44.4 Å². The molecule has 2 aromatic heterocycles. The average molecular weight is 967 g/mol. The third kappa shape index (κ3) is 12.9. The first-order valence-electron chi connectivity index (χ1n) is 22.4. The van der Waals surface area contributed by atoms with E-state index in [2.05, 4.69) is 31.0 Å². The zero-order chi connectivity index (χ0) is 50.2. The van der Waals surface area contributed by atoms with Gasteiger partial charge in [0, 0.05) is 75.0 Å². The zero-order valence-corrected chi connectivity index (χ0v) is 40.4. The maximum atomic E-state index is 14.2. The van der Waals surface area contributed by atoms with Crippen LogP contribution in [0.1, 0.15) is 89.3 Å². The number of alkyl carbamates (subject to hydrolysis) is 1. The summed E-state index contributed by atoms with van der Waals surface area (Å²) < 4.78 is 41.2. The Bertz CT molecular complexity index is 2940. The van der Waals surface area contributed by atoms with Gasteiger partial charge in [-0.25, -0.2) is 13.2 Å². The summed E-state index contributed by atoms with van der Waals surface area (Å²) in [6.07, 6.45) is 3.97. The summed E-state index contributed by atoms with van der Waals surface area (Å²) >= 11 is 0. The maximum Gasteiger partial charge on any atom is 0.407 e. The number of amides is 5. The van der Waals surface area contributed by atoms with E-state index in [4.69, 9.17) is 9.47 Å². The largest absolute Gasteiger partial charge is 0.457 e. The molecule has 5 amide bonds. The molecule has 3 heterocycles. The van der Waals surface area contributed by atoms with Crippen LogP contribution in [0.5, 0.6) is 11.5 Å². The van der Waals surface area contributed by atoms with Crippen LogP contribution in [0.4, 0.5) is 10.5 Å². The van der Waals surface area contributed by atoms with Crippen molar-refractivity contribution in [2.45, 2.75) is 71.6 Å². The third-order valence-electron chi connectivity index (χ3n) is 11.3. The molecule has 5 aromatic rings. The highest BCUT2D eigenvalue weighted by Gasteiger charge is 2.34. The number of pyridine rings is 1. The van der Waals surface area contributed by atoms with Gasteiger partial charge in [0.2, 0.25) is 15.9 Å². The minimum atomic E-state index is -3.98. The van der Waals surface area contributed by atoms with E-state index < -0.39 is 45.1 Å². The number of benzene rings is 3. The van der Waals surface area contributed by atoms with Crippen LogP contribution in [0, 0.1) is 5.92 Å². The number of aryl methyl sites for hydroxylation is 2. The molecule has 1 aliphatic heterocycles. The highest BCUT2D eigenvalue weighted by Crippen LogP contribution is 2.41. The number of carbonyl (C=O) groups excluding carboxylic acids is 6. The molecule has 1 aliphatic rings. The van der Waals surface area contributed by atoms with Crippen molar-refractivity contribution in [3.8, 4) is 22.6 Å². The lowest BCUT2D eigenvalue weighted by atomic mass is 9.95. The topological polar surface area (TPSA) is 256 Å². The van der Waals surface area contributed by atoms with Crippen molar-refractivity contribution >= 4 is 62.6 Å².